The summed E-state index contributed by atoms with van der Waals surface area (Å²) in [5.74, 6) is 0.568. The van der Waals surface area contributed by atoms with Crippen LogP contribution in [-0.2, 0) is 6.54 Å². The van der Waals surface area contributed by atoms with Crippen LogP contribution in [0, 0.1) is 10.1 Å². The molecule has 17 heavy (non-hydrogen) atoms. The number of hydrogen-bond acceptors (Lipinski definition) is 4. The van der Waals surface area contributed by atoms with Crippen LogP contribution in [0.15, 0.2) is 24.5 Å². The van der Waals surface area contributed by atoms with Crippen molar-refractivity contribution in [1.29, 1.82) is 0 Å². The lowest BCUT2D eigenvalue weighted by Crippen LogP contribution is -1.97. The Kier molecular flexibility index (Phi) is 3.06. The lowest BCUT2D eigenvalue weighted by atomic mass is 10.2. The summed E-state index contributed by atoms with van der Waals surface area (Å²) in [6, 6.07) is 4.37. The van der Waals surface area contributed by atoms with Crippen molar-refractivity contribution in [3.05, 3.63) is 39.7 Å². The van der Waals surface area contributed by atoms with E-state index in [2.05, 4.69) is 10.2 Å². The molecule has 0 aliphatic heterocycles. The summed E-state index contributed by atoms with van der Waals surface area (Å²) in [6.07, 6.45) is 1.57. The molecule has 2 rings (SSSR count). The van der Waals surface area contributed by atoms with Gasteiger partial charge in [-0.05, 0) is 13.0 Å². The Morgan fingerprint density at radius 2 is 2.24 bits per heavy atom. The lowest BCUT2D eigenvalue weighted by Gasteiger charge is -2.03. The molecule has 1 aromatic carbocycles. The highest BCUT2D eigenvalue weighted by Crippen LogP contribution is 2.27. The maximum Gasteiger partial charge on any atom is 0.271 e. The molecule has 0 saturated heterocycles. The van der Waals surface area contributed by atoms with Gasteiger partial charge in [-0.1, -0.05) is 11.6 Å². The van der Waals surface area contributed by atoms with Crippen LogP contribution in [0.5, 0.6) is 0 Å². The van der Waals surface area contributed by atoms with Crippen LogP contribution in [-0.4, -0.2) is 19.7 Å². The number of hydrogen-bond donors (Lipinski definition) is 0. The van der Waals surface area contributed by atoms with Gasteiger partial charge in [0.05, 0.1) is 4.92 Å². The van der Waals surface area contributed by atoms with Gasteiger partial charge in [0.25, 0.3) is 5.69 Å². The SMILES string of the molecule is CCn1cnnc1-c1cc(Cl)cc([N+](=O)[O-])c1. The van der Waals surface area contributed by atoms with E-state index < -0.39 is 4.92 Å². The van der Waals surface area contributed by atoms with Gasteiger partial charge in [-0.15, -0.1) is 10.2 Å². The topological polar surface area (TPSA) is 73.8 Å². The first-order chi connectivity index (χ1) is 8.11. The molecule has 1 heterocycles. The minimum Gasteiger partial charge on any atom is -0.314 e. The van der Waals surface area contributed by atoms with E-state index in [0.29, 0.717) is 23.0 Å². The molecule has 0 saturated carbocycles. The van der Waals surface area contributed by atoms with Gasteiger partial charge in [-0.3, -0.25) is 10.1 Å². The average molecular weight is 253 g/mol. The molecule has 6 nitrogen and oxygen atoms in total. The molecule has 2 aromatic rings. The maximum atomic E-state index is 10.7. The second kappa shape index (κ2) is 4.50. The normalized spacial score (nSPS) is 10.5. The van der Waals surface area contributed by atoms with Crippen molar-refractivity contribution in [2.45, 2.75) is 13.5 Å². The monoisotopic (exact) mass is 252 g/mol. The van der Waals surface area contributed by atoms with Gasteiger partial charge in [0.15, 0.2) is 5.82 Å². The maximum absolute atomic E-state index is 10.7. The molecule has 0 fully saturated rings. The van der Waals surface area contributed by atoms with E-state index in [1.807, 2.05) is 6.92 Å². The third-order valence-electron chi connectivity index (χ3n) is 2.31. The van der Waals surface area contributed by atoms with Crippen LogP contribution in [0.3, 0.4) is 0 Å². The van der Waals surface area contributed by atoms with Gasteiger partial charge >= 0.3 is 0 Å². The fourth-order valence-corrected chi connectivity index (χ4v) is 1.75. The Labute approximate surface area is 102 Å². The second-order valence-corrected chi connectivity index (χ2v) is 3.83. The van der Waals surface area contributed by atoms with Crippen molar-refractivity contribution in [2.75, 3.05) is 0 Å². The van der Waals surface area contributed by atoms with E-state index in [9.17, 15) is 10.1 Å². The first-order valence-electron chi connectivity index (χ1n) is 4.95. The molecule has 1 aromatic heterocycles. The highest BCUT2D eigenvalue weighted by atomic mass is 35.5. The Balaban J connectivity index is 2.56. The second-order valence-electron chi connectivity index (χ2n) is 3.40. The number of benzene rings is 1. The Morgan fingerprint density at radius 1 is 1.47 bits per heavy atom. The van der Waals surface area contributed by atoms with Gasteiger partial charge < -0.3 is 4.57 Å². The summed E-state index contributed by atoms with van der Waals surface area (Å²) < 4.78 is 1.79. The zero-order chi connectivity index (χ0) is 12.4. The quantitative estimate of drug-likeness (QED) is 0.621. The molecule has 0 radical (unpaired) electrons. The fraction of sp³-hybridized carbons (Fsp3) is 0.200. The predicted molar refractivity (Wildman–Crippen MR) is 62.8 cm³/mol. The molecule has 0 aliphatic carbocycles. The van der Waals surface area contributed by atoms with Crippen molar-refractivity contribution < 1.29 is 4.92 Å². The molecule has 0 N–H and O–H groups in total. The van der Waals surface area contributed by atoms with Crippen molar-refractivity contribution in [3.8, 4) is 11.4 Å². The smallest absolute Gasteiger partial charge is 0.271 e. The van der Waals surface area contributed by atoms with Gasteiger partial charge in [0, 0.05) is 29.3 Å². The number of nitro benzene ring substituents is 1. The van der Waals surface area contributed by atoms with Crippen LogP contribution in [0.25, 0.3) is 11.4 Å². The molecule has 0 unspecified atom stereocenters. The molecular weight excluding hydrogens is 244 g/mol. The van der Waals surface area contributed by atoms with E-state index >= 15 is 0 Å². The average Bonchev–Trinajstić information content (AvgIpc) is 2.76. The minimum absolute atomic E-state index is 0.0573. The number of halogens is 1. The first kappa shape index (κ1) is 11.5. The van der Waals surface area contributed by atoms with E-state index in [4.69, 9.17) is 11.6 Å². The third kappa shape index (κ3) is 2.26. The van der Waals surface area contributed by atoms with Crippen LogP contribution >= 0.6 is 11.6 Å². The zero-order valence-electron chi connectivity index (χ0n) is 9.00. The van der Waals surface area contributed by atoms with Crippen LogP contribution in [0.2, 0.25) is 5.02 Å². The molecule has 88 valence electrons. The lowest BCUT2D eigenvalue weighted by molar-refractivity contribution is -0.384. The molecule has 7 heteroatoms. The van der Waals surface area contributed by atoms with E-state index in [1.165, 1.54) is 12.1 Å². The van der Waals surface area contributed by atoms with Gasteiger partial charge in [-0.25, -0.2) is 0 Å². The van der Waals surface area contributed by atoms with Gasteiger partial charge in [-0.2, -0.15) is 0 Å². The van der Waals surface area contributed by atoms with E-state index in [-0.39, 0.29) is 5.69 Å². The van der Waals surface area contributed by atoms with Crippen LogP contribution in [0.1, 0.15) is 6.92 Å². The van der Waals surface area contributed by atoms with Crippen LogP contribution < -0.4 is 0 Å². The largest absolute Gasteiger partial charge is 0.314 e. The molecule has 0 atom stereocenters. The number of nitrogens with zero attached hydrogens (tertiary/aromatic N) is 4. The molecule has 0 bridgehead atoms. The highest BCUT2D eigenvalue weighted by Gasteiger charge is 2.13. The van der Waals surface area contributed by atoms with Gasteiger partial charge in [0.2, 0.25) is 0 Å². The van der Waals surface area contributed by atoms with Crippen molar-refractivity contribution in [3.63, 3.8) is 0 Å². The van der Waals surface area contributed by atoms with Crippen molar-refractivity contribution in [1.82, 2.24) is 14.8 Å². The minimum atomic E-state index is -0.484. The molecule has 0 aliphatic rings. The number of nitro groups is 1. The summed E-state index contributed by atoms with van der Waals surface area (Å²) in [4.78, 5) is 10.2. The molecule has 0 spiro atoms. The molecule has 0 amide bonds. The summed E-state index contributed by atoms with van der Waals surface area (Å²) in [5, 5.41) is 18.7. The third-order valence-corrected chi connectivity index (χ3v) is 2.53. The summed E-state index contributed by atoms with van der Waals surface area (Å²) in [6.45, 7) is 2.62. The number of rotatable bonds is 3. The van der Waals surface area contributed by atoms with E-state index in [0.717, 1.165) is 0 Å². The Hall–Kier alpha value is -1.95. The standard InChI is InChI=1S/C10H9ClN4O2/c1-2-14-6-12-13-10(14)7-3-8(11)5-9(4-7)15(16)17/h3-6H,2H2,1H3. The number of non-ortho nitro benzene ring substituents is 1. The number of aromatic nitrogens is 3. The molecular formula is C10H9ClN4O2. The Morgan fingerprint density at radius 3 is 2.88 bits per heavy atom. The predicted octanol–water partition coefficient (Wildman–Crippen LogP) is 2.53. The Bertz CT molecular complexity index is 567. The summed E-state index contributed by atoms with van der Waals surface area (Å²) >= 11 is 5.84. The summed E-state index contributed by atoms with van der Waals surface area (Å²) in [7, 11) is 0. The summed E-state index contributed by atoms with van der Waals surface area (Å²) in [5.41, 5.74) is 0.529. The van der Waals surface area contributed by atoms with E-state index in [1.54, 1.807) is 17.0 Å². The van der Waals surface area contributed by atoms with Crippen molar-refractivity contribution in [2.24, 2.45) is 0 Å². The zero-order valence-corrected chi connectivity index (χ0v) is 9.76. The highest BCUT2D eigenvalue weighted by molar-refractivity contribution is 6.31. The van der Waals surface area contributed by atoms with Crippen molar-refractivity contribution >= 4 is 17.3 Å². The van der Waals surface area contributed by atoms with Gasteiger partial charge in [0.1, 0.15) is 6.33 Å². The first-order valence-corrected chi connectivity index (χ1v) is 5.32. The number of aryl methyl sites for hydroxylation is 1. The van der Waals surface area contributed by atoms with Crippen LogP contribution in [0.4, 0.5) is 5.69 Å². The fourth-order valence-electron chi connectivity index (χ4n) is 1.52.